The van der Waals surface area contributed by atoms with Crippen LogP contribution in [0.4, 0.5) is 0 Å². The predicted molar refractivity (Wildman–Crippen MR) is 62.5 cm³/mol. The molecule has 2 heteroatoms. The van der Waals surface area contributed by atoms with E-state index < -0.39 is 0 Å². The van der Waals surface area contributed by atoms with Gasteiger partial charge in [-0.1, -0.05) is 12.6 Å². The number of aromatic nitrogens is 2. The molecule has 0 amide bonds. The molecule has 2 aromatic heterocycles. The zero-order valence-corrected chi connectivity index (χ0v) is 8.49. The molecule has 0 aliphatic carbocycles. The van der Waals surface area contributed by atoms with Crippen molar-refractivity contribution >= 4 is 28.4 Å². The fourth-order valence-corrected chi connectivity index (χ4v) is 2.05. The second-order valence-corrected chi connectivity index (χ2v) is 3.77. The van der Waals surface area contributed by atoms with Gasteiger partial charge >= 0.3 is 0 Å². The summed E-state index contributed by atoms with van der Waals surface area (Å²) in [4.78, 5) is 8.77. The average Bonchev–Trinajstić information content (AvgIpc) is 2.25. The van der Waals surface area contributed by atoms with Crippen molar-refractivity contribution in [1.29, 1.82) is 0 Å². The van der Waals surface area contributed by atoms with Crippen LogP contribution in [0.15, 0.2) is 30.6 Å². The minimum Gasteiger partial charge on any atom is -0.256 e. The third-order valence-electron chi connectivity index (χ3n) is 2.74. The Morgan fingerprint density at radius 1 is 1.00 bits per heavy atom. The maximum absolute atomic E-state index is 4.40. The highest BCUT2D eigenvalue weighted by atomic mass is 14.7. The molecule has 3 rings (SSSR count). The molecule has 2 heterocycles. The Bertz CT molecular complexity index is 685. The number of hydrogen-bond donors (Lipinski definition) is 0. The van der Waals surface area contributed by atoms with Gasteiger partial charge in [0.15, 0.2) is 0 Å². The lowest BCUT2D eigenvalue weighted by Crippen LogP contribution is -2.04. The first-order valence-electron chi connectivity index (χ1n) is 4.89. The van der Waals surface area contributed by atoms with Crippen LogP contribution in [0.5, 0.6) is 0 Å². The maximum atomic E-state index is 4.40. The summed E-state index contributed by atoms with van der Waals surface area (Å²) in [5.74, 6) is 0. The van der Waals surface area contributed by atoms with Gasteiger partial charge in [-0.3, -0.25) is 9.97 Å². The van der Waals surface area contributed by atoms with Crippen LogP contribution in [0, 0.1) is 6.92 Å². The molecule has 0 aliphatic heterocycles. The van der Waals surface area contributed by atoms with Crippen LogP contribution in [0.1, 0.15) is 5.56 Å². The van der Waals surface area contributed by atoms with E-state index in [9.17, 15) is 0 Å². The normalized spacial score (nSPS) is 11.3. The van der Waals surface area contributed by atoms with Gasteiger partial charge in [-0.05, 0) is 35.2 Å². The molecule has 1 aromatic carbocycles. The fraction of sp³-hybridized carbons (Fsp3) is 0.0769. The Morgan fingerprint density at radius 3 is 2.40 bits per heavy atom. The fourth-order valence-electron chi connectivity index (χ4n) is 2.05. The lowest BCUT2D eigenvalue weighted by atomic mass is 10.0. The van der Waals surface area contributed by atoms with Gasteiger partial charge in [0.2, 0.25) is 0 Å². The van der Waals surface area contributed by atoms with Crippen molar-refractivity contribution in [2.75, 3.05) is 0 Å². The number of benzene rings is 1. The van der Waals surface area contributed by atoms with Gasteiger partial charge in [-0.25, -0.2) is 0 Å². The number of aryl methyl sites for hydroxylation is 1. The molecule has 0 atom stereocenters. The first-order valence-corrected chi connectivity index (χ1v) is 4.89. The third kappa shape index (κ3) is 1.05. The maximum Gasteiger partial charge on any atom is 0.0730 e. The third-order valence-corrected chi connectivity index (χ3v) is 2.74. The van der Waals surface area contributed by atoms with Crippen molar-refractivity contribution in [2.45, 2.75) is 6.92 Å². The highest BCUT2D eigenvalue weighted by Crippen LogP contribution is 2.22. The molecular formula is C13H10N2. The number of pyridine rings is 2. The smallest absolute Gasteiger partial charge is 0.0730 e. The predicted octanol–water partition coefficient (Wildman–Crippen LogP) is 2.22. The Balaban J connectivity index is 2.79. The van der Waals surface area contributed by atoms with E-state index >= 15 is 0 Å². The topological polar surface area (TPSA) is 25.8 Å². The second kappa shape index (κ2) is 2.76. The minimum atomic E-state index is 0.971. The molecule has 72 valence electrons. The summed E-state index contributed by atoms with van der Waals surface area (Å²) < 4.78 is 0. The lowest BCUT2D eigenvalue weighted by Gasteiger charge is -2.06. The zero-order chi connectivity index (χ0) is 10.4. The molecule has 0 aliphatic rings. The van der Waals surface area contributed by atoms with E-state index in [4.69, 9.17) is 0 Å². The summed E-state index contributed by atoms with van der Waals surface area (Å²) in [7, 11) is 0. The summed E-state index contributed by atoms with van der Waals surface area (Å²) in [5.41, 5.74) is 3.14. The molecule has 0 fully saturated rings. The highest BCUT2D eigenvalue weighted by molar-refractivity contribution is 6.07. The summed E-state index contributed by atoms with van der Waals surface area (Å²) >= 11 is 0. The van der Waals surface area contributed by atoms with Crippen molar-refractivity contribution in [3.05, 3.63) is 41.4 Å². The van der Waals surface area contributed by atoms with Gasteiger partial charge in [0, 0.05) is 17.8 Å². The van der Waals surface area contributed by atoms with Crippen LogP contribution in [0.3, 0.4) is 0 Å². The Morgan fingerprint density at radius 2 is 1.67 bits per heavy atom. The molecule has 0 saturated heterocycles. The average molecular weight is 194 g/mol. The Kier molecular flexibility index (Phi) is 1.54. The van der Waals surface area contributed by atoms with E-state index in [1.807, 2.05) is 30.6 Å². The van der Waals surface area contributed by atoms with E-state index in [1.54, 1.807) is 0 Å². The zero-order valence-electron chi connectivity index (χ0n) is 8.49. The quantitative estimate of drug-likeness (QED) is 0.548. The van der Waals surface area contributed by atoms with Gasteiger partial charge < -0.3 is 0 Å². The van der Waals surface area contributed by atoms with Gasteiger partial charge in [0.05, 0.1) is 11.0 Å². The van der Waals surface area contributed by atoms with Crippen LogP contribution in [0.2, 0.25) is 0 Å². The Labute approximate surface area is 87.3 Å². The van der Waals surface area contributed by atoms with E-state index in [0.717, 1.165) is 27.2 Å². The first-order chi connectivity index (χ1) is 7.27. The van der Waals surface area contributed by atoms with Gasteiger partial charge in [-0.15, -0.1) is 0 Å². The molecule has 0 spiro atoms. The number of rotatable bonds is 0. The lowest BCUT2D eigenvalue weighted by molar-refractivity contribution is 1.32. The summed E-state index contributed by atoms with van der Waals surface area (Å²) in [6.07, 6.45) is 3.72. The molecule has 0 radical (unpaired) electrons. The molecule has 15 heavy (non-hydrogen) atoms. The van der Waals surface area contributed by atoms with Gasteiger partial charge in [0.1, 0.15) is 0 Å². The molecule has 0 unspecified atom stereocenters. The highest BCUT2D eigenvalue weighted by Gasteiger charge is 2.06. The first kappa shape index (κ1) is 8.36. The van der Waals surface area contributed by atoms with Crippen LogP contribution in [0.25, 0.3) is 28.4 Å². The summed E-state index contributed by atoms with van der Waals surface area (Å²) in [6, 6.07) is 6.00. The molecule has 2 nitrogen and oxygen atoms in total. The van der Waals surface area contributed by atoms with Crippen LogP contribution >= 0.6 is 0 Å². The van der Waals surface area contributed by atoms with Crippen LogP contribution in [-0.2, 0) is 0 Å². The van der Waals surface area contributed by atoms with Crippen molar-refractivity contribution in [1.82, 2.24) is 9.97 Å². The Hall–Kier alpha value is -1.96. The monoisotopic (exact) mass is 194 g/mol. The van der Waals surface area contributed by atoms with E-state index in [0.29, 0.717) is 0 Å². The van der Waals surface area contributed by atoms with E-state index in [1.165, 1.54) is 5.39 Å². The number of hydrogen-bond acceptors (Lipinski definition) is 2. The van der Waals surface area contributed by atoms with E-state index in [2.05, 4.69) is 23.5 Å². The van der Waals surface area contributed by atoms with E-state index in [-0.39, 0.29) is 0 Å². The van der Waals surface area contributed by atoms with Crippen molar-refractivity contribution in [2.24, 2.45) is 0 Å². The molecular weight excluding hydrogens is 184 g/mol. The molecule has 3 aromatic rings. The number of nitrogens with zero attached hydrogens (tertiary/aromatic N) is 2. The molecule has 0 saturated carbocycles. The van der Waals surface area contributed by atoms with Crippen molar-refractivity contribution in [3.63, 3.8) is 0 Å². The molecule has 0 bridgehead atoms. The van der Waals surface area contributed by atoms with Gasteiger partial charge in [-0.2, -0.15) is 0 Å². The minimum absolute atomic E-state index is 0.971. The van der Waals surface area contributed by atoms with Crippen molar-refractivity contribution < 1.29 is 0 Å². The van der Waals surface area contributed by atoms with Crippen LogP contribution in [-0.4, -0.2) is 9.97 Å². The summed E-state index contributed by atoms with van der Waals surface area (Å²) in [6.45, 7) is 6.08. The standard InChI is InChI=1S/C13H10N2/c1-8-6-14-10-4-3-5-11-13(10)12(8)9(2)7-15-11/h3-7H,1H2,2H3. The molecule has 0 N–H and O–H groups in total. The largest absolute Gasteiger partial charge is 0.256 e. The van der Waals surface area contributed by atoms with Crippen molar-refractivity contribution in [3.8, 4) is 0 Å². The van der Waals surface area contributed by atoms with Gasteiger partial charge in [0.25, 0.3) is 0 Å². The van der Waals surface area contributed by atoms with Crippen LogP contribution < -0.4 is 5.22 Å². The second-order valence-electron chi connectivity index (χ2n) is 3.77. The summed E-state index contributed by atoms with van der Waals surface area (Å²) in [5, 5.41) is 3.29. The SMILES string of the molecule is C=c1cnc2cccc3ncc(C)c1c32.